The maximum Gasteiger partial charge on any atom is 0.257 e. The lowest BCUT2D eigenvalue weighted by atomic mass is 10.0. The Morgan fingerprint density at radius 3 is 2.09 bits per heavy atom. The molecule has 1 aliphatic heterocycles. The third kappa shape index (κ3) is 6.45. The van der Waals surface area contributed by atoms with E-state index in [9.17, 15) is 9.59 Å². The van der Waals surface area contributed by atoms with Crippen molar-refractivity contribution in [2.24, 2.45) is 0 Å². The van der Waals surface area contributed by atoms with Crippen molar-refractivity contribution >= 4 is 40.5 Å². The Balaban J connectivity index is 1.27. The van der Waals surface area contributed by atoms with E-state index in [0.717, 1.165) is 55.1 Å². The second-order valence-corrected chi connectivity index (χ2v) is 8.92. The van der Waals surface area contributed by atoms with Gasteiger partial charge < -0.3 is 15.1 Å². The summed E-state index contributed by atoms with van der Waals surface area (Å²) in [6, 6.07) is 25.4. The molecular formula is C28H30N4O2S. The SMILES string of the molecule is CCCC(=O)N1CCN(c2ccc(NC(=S)NC(=O)c3ccc(-c4ccccc4)cc3)cc2)CC1. The van der Waals surface area contributed by atoms with E-state index in [1.165, 1.54) is 0 Å². The standard InChI is InChI=1S/C28H30N4O2S/c1-2-6-26(33)32-19-17-31(18-20-32)25-15-13-24(14-16-25)29-28(35)30-27(34)23-11-9-22(10-12-23)21-7-4-3-5-8-21/h3-5,7-16H,2,6,17-20H2,1H3,(H2,29,30,34,35). The van der Waals surface area contributed by atoms with Crippen LogP contribution in [0.1, 0.15) is 30.1 Å². The molecule has 0 atom stereocenters. The number of rotatable bonds is 6. The Labute approximate surface area is 211 Å². The zero-order chi connectivity index (χ0) is 24.6. The molecule has 1 heterocycles. The normalized spacial score (nSPS) is 13.3. The molecule has 180 valence electrons. The molecule has 0 unspecified atom stereocenters. The summed E-state index contributed by atoms with van der Waals surface area (Å²) in [7, 11) is 0. The summed E-state index contributed by atoms with van der Waals surface area (Å²) in [5.41, 5.74) is 4.60. The lowest BCUT2D eigenvalue weighted by molar-refractivity contribution is -0.131. The molecule has 0 spiro atoms. The smallest absolute Gasteiger partial charge is 0.257 e. The van der Waals surface area contributed by atoms with Crippen LogP contribution in [0.4, 0.5) is 11.4 Å². The van der Waals surface area contributed by atoms with E-state index < -0.39 is 0 Å². The zero-order valence-corrected chi connectivity index (χ0v) is 20.7. The summed E-state index contributed by atoms with van der Waals surface area (Å²) in [4.78, 5) is 28.9. The number of nitrogens with zero attached hydrogens (tertiary/aromatic N) is 2. The summed E-state index contributed by atoms with van der Waals surface area (Å²) in [6.07, 6.45) is 1.51. The van der Waals surface area contributed by atoms with E-state index in [2.05, 4.69) is 15.5 Å². The van der Waals surface area contributed by atoms with E-state index in [4.69, 9.17) is 12.2 Å². The Kier molecular flexibility index (Phi) is 8.11. The van der Waals surface area contributed by atoms with Gasteiger partial charge in [0.1, 0.15) is 0 Å². The third-order valence-electron chi connectivity index (χ3n) is 6.07. The molecular weight excluding hydrogens is 456 g/mol. The fraction of sp³-hybridized carbons (Fsp3) is 0.250. The molecule has 2 amide bonds. The Morgan fingerprint density at radius 2 is 1.46 bits per heavy atom. The van der Waals surface area contributed by atoms with Crippen molar-refractivity contribution in [1.82, 2.24) is 10.2 Å². The molecule has 0 radical (unpaired) electrons. The first kappa shape index (κ1) is 24.4. The lowest BCUT2D eigenvalue weighted by Gasteiger charge is -2.36. The molecule has 2 N–H and O–H groups in total. The monoisotopic (exact) mass is 486 g/mol. The second kappa shape index (κ2) is 11.6. The van der Waals surface area contributed by atoms with Crippen LogP contribution >= 0.6 is 12.2 Å². The number of hydrogen-bond donors (Lipinski definition) is 2. The van der Waals surface area contributed by atoms with Gasteiger partial charge in [0.25, 0.3) is 5.91 Å². The molecule has 3 aromatic carbocycles. The van der Waals surface area contributed by atoms with E-state index in [1.807, 2.05) is 78.6 Å². The van der Waals surface area contributed by atoms with Crippen LogP contribution in [-0.2, 0) is 4.79 Å². The van der Waals surface area contributed by atoms with Crippen LogP contribution in [0, 0.1) is 0 Å². The molecule has 1 fully saturated rings. The predicted octanol–water partition coefficient (Wildman–Crippen LogP) is 4.93. The van der Waals surface area contributed by atoms with E-state index in [0.29, 0.717) is 12.0 Å². The van der Waals surface area contributed by atoms with Crippen molar-refractivity contribution in [3.8, 4) is 11.1 Å². The average Bonchev–Trinajstić information content (AvgIpc) is 2.90. The van der Waals surface area contributed by atoms with Crippen molar-refractivity contribution in [3.05, 3.63) is 84.4 Å². The number of thiocarbonyl (C=S) groups is 1. The minimum absolute atomic E-state index is 0.245. The van der Waals surface area contributed by atoms with E-state index in [1.54, 1.807) is 12.1 Å². The quantitative estimate of drug-likeness (QED) is 0.484. The first-order valence-electron chi connectivity index (χ1n) is 11.9. The van der Waals surface area contributed by atoms with Gasteiger partial charge in [0.2, 0.25) is 5.91 Å². The number of carbonyl (C=O) groups excluding carboxylic acids is 2. The van der Waals surface area contributed by atoms with Gasteiger partial charge in [0.15, 0.2) is 5.11 Å². The van der Waals surface area contributed by atoms with Crippen molar-refractivity contribution in [2.75, 3.05) is 36.4 Å². The summed E-state index contributed by atoms with van der Waals surface area (Å²) >= 11 is 5.34. The van der Waals surface area contributed by atoms with Crippen molar-refractivity contribution in [2.45, 2.75) is 19.8 Å². The molecule has 1 saturated heterocycles. The molecule has 3 aromatic rings. The fourth-order valence-corrected chi connectivity index (χ4v) is 4.33. The highest BCUT2D eigenvalue weighted by molar-refractivity contribution is 7.80. The first-order chi connectivity index (χ1) is 17.0. The summed E-state index contributed by atoms with van der Waals surface area (Å²) in [5.74, 6) is -0.0105. The van der Waals surface area contributed by atoms with Crippen LogP contribution in [0.25, 0.3) is 11.1 Å². The van der Waals surface area contributed by atoms with E-state index >= 15 is 0 Å². The molecule has 35 heavy (non-hydrogen) atoms. The van der Waals surface area contributed by atoms with Crippen LogP contribution < -0.4 is 15.5 Å². The maximum absolute atomic E-state index is 12.6. The molecule has 7 heteroatoms. The van der Waals surface area contributed by atoms with E-state index in [-0.39, 0.29) is 16.9 Å². The second-order valence-electron chi connectivity index (χ2n) is 8.52. The van der Waals surface area contributed by atoms with Crippen LogP contribution in [0.3, 0.4) is 0 Å². The van der Waals surface area contributed by atoms with Crippen molar-refractivity contribution in [3.63, 3.8) is 0 Å². The summed E-state index contributed by atoms with van der Waals surface area (Å²) < 4.78 is 0. The van der Waals surface area contributed by atoms with Gasteiger partial charge in [0.05, 0.1) is 0 Å². The molecule has 4 rings (SSSR count). The number of nitrogens with one attached hydrogen (secondary N) is 2. The minimum atomic E-state index is -0.255. The van der Waals surface area contributed by atoms with Crippen molar-refractivity contribution < 1.29 is 9.59 Å². The number of hydrogen-bond acceptors (Lipinski definition) is 4. The number of amides is 2. The van der Waals surface area contributed by atoms with Gasteiger partial charge in [-0.25, -0.2) is 0 Å². The molecule has 0 saturated carbocycles. The third-order valence-corrected chi connectivity index (χ3v) is 6.27. The van der Waals surface area contributed by atoms with Gasteiger partial charge >= 0.3 is 0 Å². The summed E-state index contributed by atoms with van der Waals surface area (Å²) in [5, 5.41) is 6.06. The topological polar surface area (TPSA) is 64.7 Å². The molecule has 0 aliphatic carbocycles. The van der Waals surface area contributed by atoms with Crippen LogP contribution in [0.15, 0.2) is 78.9 Å². The van der Waals surface area contributed by atoms with Gasteiger partial charge in [0, 0.05) is 49.5 Å². The maximum atomic E-state index is 12.6. The summed E-state index contributed by atoms with van der Waals surface area (Å²) in [6.45, 7) is 5.17. The largest absolute Gasteiger partial charge is 0.368 e. The van der Waals surface area contributed by atoms with Gasteiger partial charge in [-0.1, -0.05) is 49.4 Å². The molecule has 0 bridgehead atoms. The fourth-order valence-electron chi connectivity index (χ4n) is 4.12. The number of anilines is 2. The van der Waals surface area contributed by atoms with Gasteiger partial charge in [-0.3, -0.25) is 14.9 Å². The molecule has 0 aromatic heterocycles. The lowest BCUT2D eigenvalue weighted by Crippen LogP contribution is -2.48. The van der Waals surface area contributed by atoms with Crippen molar-refractivity contribution in [1.29, 1.82) is 0 Å². The van der Waals surface area contributed by atoms with Crippen LogP contribution in [0.5, 0.6) is 0 Å². The average molecular weight is 487 g/mol. The Hall–Kier alpha value is -3.71. The number of piperazine rings is 1. The molecule has 6 nitrogen and oxygen atoms in total. The van der Waals surface area contributed by atoms with Gasteiger partial charge in [-0.2, -0.15) is 0 Å². The first-order valence-corrected chi connectivity index (χ1v) is 12.3. The highest BCUT2D eigenvalue weighted by atomic mass is 32.1. The van der Waals surface area contributed by atoms with Gasteiger partial charge in [-0.05, 0) is 66.2 Å². The number of carbonyl (C=O) groups is 2. The Morgan fingerprint density at radius 1 is 0.829 bits per heavy atom. The highest BCUT2D eigenvalue weighted by Gasteiger charge is 2.20. The highest BCUT2D eigenvalue weighted by Crippen LogP contribution is 2.21. The number of benzene rings is 3. The minimum Gasteiger partial charge on any atom is -0.368 e. The van der Waals surface area contributed by atoms with Crippen LogP contribution in [0.2, 0.25) is 0 Å². The van der Waals surface area contributed by atoms with Crippen LogP contribution in [-0.4, -0.2) is 48.0 Å². The van der Waals surface area contributed by atoms with Gasteiger partial charge in [-0.15, -0.1) is 0 Å². The predicted molar refractivity (Wildman–Crippen MR) is 146 cm³/mol. The zero-order valence-electron chi connectivity index (χ0n) is 19.9. The molecule has 1 aliphatic rings. The Bertz CT molecular complexity index is 1160.